The molecular formula is C21H20N2O4S. The second-order valence-corrected chi connectivity index (χ2v) is 7.92. The van der Waals surface area contributed by atoms with Crippen molar-refractivity contribution in [3.8, 4) is 5.75 Å². The Morgan fingerprint density at radius 2 is 1.68 bits per heavy atom. The molecule has 0 bridgehead atoms. The fourth-order valence-corrected chi connectivity index (χ4v) is 4.91. The Bertz CT molecular complexity index is 909. The molecule has 2 unspecified atom stereocenters. The summed E-state index contributed by atoms with van der Waals surface area (Å²) in [6, 6.07) is 13.4. The summed E-state index contributed by atoms with van der Waals surface area (Å²) in [5.41, 5.74) is 1.70. The molecule has 7 heteroatoms. The molecule has 2 aromatic carbocycles. The van der Waals surface area contributed by atoms with E-state index in [4.69, 9.17) is 4.74 Å². The van der Waals surface area contributed by atoms with Gasteiger partial charge in [0.2, 0.25) is 5.91 Å². The van der Waals surface area contributed by atoms with Crippen molar-refractivity contribution in [1.29, 1.82) is 0 Å². The Labute approximate surface area is 167 Å². The van der Waals surface area contributed by atoms with Crippen LogP contribution in [0.1, 0.15) is 38.6 Å². The maximum atomic E-state index is 13.2. The molecule has 0 N–H and O–H groups in total. The third-order valence-electron chi connectivity index (χ3n) is 5.15. The molecule has 0 radical (unpaired) electrons. The van der Waals surface area contributed by atoms with Crippen LogP contribution < -0.4 is 4.74 Å². The van der Waals surface area contributed by atoms with Crippen molar-refractivity contribution >= 4 is 29.5 Å². The molecule has 4 rings (SSSR count). The molecule has 6 nitrogen and oxygen atoms in total. The number of hydrogen-bond acceptors (Lipinski definition) is 5. The molecule has 2 heterocycles. The molecular weight excluding hydrogens is 376 g/mol. The van der Waals surface area contributed by atoms with Gasteiger partial charge in [-0.3, -0.25) is 19.3 Å². The Morgan fingerprint density at radius 3 is 2.25 bits per heavy atom. The van der Waals surface area contributed by atoms with Gasteiger partial charge in [-0.05, 0) is 36.8 Å². The molecule has 0 spiro atoms. The van der Waals surface area contributed by atoms with Crippen molar-refractivity contribution in [2.45, 2.75) is 18.3 Å². The highest BCUT2D eigenvalue weighted by atomic mass is 32.2. The van der Waals surface area contributed by atoms with Gasteiger partial charge in [-0.15, -0.1) is 11.8 Å². The number of fused-ring (bicyclic) bond motifs is 1. The van der Waals surface area contributed by atoms with Gasteiger partial charge >= 0.3 is 0 Å². The SMILES string of the molecule is COc1ccc(C2SCCN2C(=O)C(C)N2C(=O)c3ccccc3C2=O)cc1. The van der Waals surface area contributed by atoms with Gasteiger partial charge in [0.1, 0.15) is 17.2 Å². The summed E-state index contributed by atoms with van der Waals surface area (Å²) in [7, 11) is 1.61. The van der Waals surface area contributed by atoms with E-state index in [1.54, 1.807) is 55.0 Å². The van der Waals surface area contributed by atoms with Crippen LogP contribution in [-0.2, 0) is 4.79 Å². The summed E-state index contributed by atoms with van der Waals surface area (Å²) in [6.45, 7) is 2.20. The molecule has 3 amide bonds. The van der Waals surface area contributed by atoms with Crippen LogP contribution in [0.4, 0.5) is 0 Å². The lowest BCUT2D eigenvalue weighted by molar-refractivity contribution is -0.135. The van der Waals surface area contributed by atoms with E-state index in [0.717, 1.165) is 22.0 Å². The highest BCUT2D eigenvalue weighted by Gasteiger charge is 2.43. The minimum atomic E-state index is -0.855. The fraction of sp³-hybridized carbons (Fsp3) is 0.286. The van der Waals surface area contributed by atoms with Crippen LogP contribution >= 0.6 is 11.8 Å². The molecule has 1 saturated heterocycles. The Morgan fingerprint density at radius 1 is 1.07 bits per heavy atom. The molecule has 2 atom stereocenters. The number of carbonyl (C=O) groups is 3. The minimum absolute atomic E-state index is 0.143. The van der Waals surface area contributed by atoms with E-state index < -0.39 is 17.9 Å². The Balaban J connectivity index is 1.56. The number of ether oxygens (including phenoxy) is 1. The number of benzene rings is 2. The zero-order valence-corrected chi connectivity index (χ0v) is 16.4. The summed E-state index contributed by atoms with van der Waals surface area (Å²) in [5.74, 6) is 0.519. The molecule has 0 saturated carbocycles. The summed E-state index contributed by atoms with van der Waals surface area (Å²) in [6.07, 6.45) is 0. The van der Waals surface area contributed by atoms with Crippen LogP contribution in [-0.4, -0.2) is 53.0 Å². The number of amides is 3. The van der Waals surface area contributed by atoms with E-state index in [1.807, 2.05) is 24.3 Å². The van der Waals surface area contributed by atoms with E-state index in [-0.39, 0.29) is 11.3 Å². The van der Waals surface area contributed by atoms with E-state index in [9.17, 15) is 14.4 Å². The molecule has 144 valence electrons. The molecule has 0 aliphatic carbocycles. The van der Waals surface area contributed by atoms with Gasteiger partial charge in [-0.25, -0.2) is 0 Å². The van der Waals surface area contributed by atoms with Crippen LogP contribution in [0.5, 0.6) is 5.75 Å². The predicted octanol–water partition coefficient (Wildman–Crippen LogP) is 2.95. The number of methoxy groups -OCH3 is 1. The minimum Gasteiger partial charge on any atom is -0.497 e. The smallest absolute Gasteiger partial charge is 0.262 e. The average molecular weight is 396 g/mol. The zero-order valence-electron chi connectivity index (χ0n) is 15.6. The van der Waals surface area contributed by atoms with Crippen LogP contribution in [0.25, 0.3) is 0 Å². The first-order valence-corrected chi connectivity index (χ1v) is 10.1. The topological polar surface area (TPSA) is 66.9 Å². The van der Waals surface area contributed by atoms with Gasteiger partial charge in [-0.1, -0.05) is 24.3 Å². The largest absolute Gasteiger partial charge is 0.497 e. The van der Waals surface area contributed by atoms with Gasteiger partial charge in [0.15, 0.2) is 0 Å². The van der Waals surface area contributed by atoms with Crippen LogP contribution in [0.15, 0.2) is 48.5 Å². The lowest BCUT2D eigenvalue weighted by atomic mass is 10.1. The molecule has 2 aliphatic rings. The maximum Gasteiger partial charge on any atom is 0.262 e. The number of carbonyl (C=O) groups excluding carboxylic acids is 3. The highest BCUT2D eigenvalue weighted by Crippen LogP contribution is 2.39. The van der Waals surface area contributed by atoms with Crippen molar-refractivity contribution in [2.75, 3.05) is 19.4 Å². The van der Waals surface area contributed by atoms with E-state index >= 15 is 0 Å². The van der Waals surface area contributed by atoms with E-state index in [0.29, 0.717) is 17.7 Å². The molecule has 0 aromatic heterocycles. The van der Waals surface area contributed by atoms with Crippen molar-refractivity contribution in [1.82, 2.24) is 9.80 Å². The maximum absolute atomic E-state index is 13.2. The second kappa shape index (κ2) is 7.31. The third-order valence-corrected chi connectivity index (χ3v) is 6.41. The first-order valence-electron chi connectivity index (χ1n) is 9.06. The lowest BCUT2D eigenvalue weighted by Gasteiger charge is -2.30. The normalized spacial score (nSPS) is 19.7. The van der Waals surface area contributed by atoms with Crippen molar-refractivity contribution in [2.24, 2.45) is 0 Å². The van der Waals surface area contributed by atoms with Crippen molar-refractivity contribution in [3.63, 3.8) is 0 Å². The van der Waals surface area contributed by atoms with Gasteiger partial charge in [0.05, 0.1) is 18.2 Å². The monoisotopic (exact) mass is 396 g/mol. The third kappa shape index (κ3) is 2.96. The number of imide groups is 1. The molecule has 2 aromatic rings. The average Bonchev–Trinajstić information content (AvgIpc) is 3.31. The fourth-order valence-electron chi connectivity index (χ4n) is 3.65. The van der Waals surface area contributed by atoms with Crippen LogP contribution in [0.3, 0.4) is 0 Å². The van der Waals surface area contributed by atoms with Crippen LogP contribution in [0.2, 0.25) is 0 Å². The van der Waals surface area contributed by atoms with Gasteiger partial charge < -0.3 is 9.64 Å². The van der Waals surface area contributed by atoms with E-state index in [2.05, 4.69) is 0 Å². The predicted molar refractivity (Wildman–Crippen MR) is 106 cm³/mol. The first-order chi connectivity index (χ1) is 13.5. The number of thioether (sulfide) groups is 1. The zero-order chi connectivity index (χ0) is 19.8. The summed E-state index contributed by atoms with van der Waals surface area (Å²) < 4.78 is 5.20. The Kier molecular flexibility index (Phi) is 4.85. The molecule has 2 aliphatic heterocycles. The summed E-state index contributed by atoms with van der Waals surface area (Å²) >= 11 is 1.67. The lowest BCUT2D eigenvalue weighted by Crippen LogP contribution is -2.49. The Hall–Kier alpha value is -2.80. The van der Waals surface area contributed by atoms with E-state index in [1.165, 1.54) is 0 Å². The molecule has 1 fully saturated rings. The standard InChI is InChI=1S/C21H20N2O4S/c1-13(23-19(25)16-5-3-4-6-17(16)20(23)26)18(24)22-11-12-28-21(22)14-7-9-15(27-2)10-8-14/h3-10,13,21H,11-12H2,1-2H3. The van der Waals surface area contributed by atoms with Gasteiger partial charge in [0, 0.05) is 12.3 Å². The first kappa shape index (κ1) is 18.6. The summed E-state index contributed by atoms with van der Waals surface area (Å²) in [4.78, 5) is 41.5. The number of hydrogen-bond donors (Lipinski definition) is 0. The quantitative estimate of drug-likeness (QED) is 0.744. The van der Waals surface area contributed by atoms with Crippen molar-refractivity contribution < 1.29 is 19.1 Å². The van der Waals surface area contributed by atoms with Crippen molar-refractivity contribution in [3.05, 3.63) is 65.2 Å². The number of nitrogens with zero attached hydrogens (tertiary/aromatic N) is 2. The van der Waals surface area contributed by atoms with Crippen LogP contribution in [0, 0.1) is 0 Å². The highest BCUT2D eigenvalue weighted by molar-refractivity contribution is 7.99. The summed E-state index contributed by atoms with van der Waals surface area (Å²) in [5, 5.41) is -0.143. The second-order valence-electron chi connectivity index (χ2n) is 6.73. The van der Waals surface area contributed by atoms with Gasteiger partial charge in [-0.2, -0.15) is 0 Å². The van der Waals surface area contributed by atoms with Gasteiger partial charge in [0.25, 0.3) is 11.8 Å². The molecule has 28 heavy (non-hydrogen) atoms. The number of rotatable bonds is 4.